The summed E-state index contributed by atoms with van der Waals surface area (Å²) in [6.07, 6.45) is 1.58. The van der Waals surface area contributed by atoms with E-state index in [1.165, 1.54) is 16.5 Å². The van der Waals surface area contributed by atoms with Gasteiger partial charge in [0, 0.05) is 11.3 Å². The molecule has 0 aliphatic rings. The number of hydrogen-bond acceptors (Lipinski definition) is 8. The topological polar surface area (TPSA) is 174 Å². The van der Waals surface area contributed by atoms with Gasteiger partial charge in [-0.1, -0.05) is 42.5 Å². The van der Waals surface area contributed by atoms with Crippen molar-refractivity contribution in [3.63, 3.8) is 0 Å². The number of nitrogens with zero attached hydrogens (tertiary/aromatic N) is 4. The van der Waals surface area contributed by atoms with Gasteiger partial charge >= 0.3 is 0 Å². The van der Waals surface area contributed by atoms with E-state index in [4.69, 9.17) is 16.7 Å². The maximum atomic E-state index is 13.0. The summed E-state index contributed by atoms with van der Waals surface area (Å²) < 4.78 is 1.53. The Kier molecular flexibility index (Phi) is 6.48. The molecule has 0 radical (unpaired) electrons. The van der Waals surface area contributed by atoms with Gasteiger partial charge in [0.2, 0.25) is 5.91 Å². The van der Waals surface area contributed by atoms with Crippen LogP contribution < -0.4 is 22.3 Å². The Bertz CT molecular complexity index is 1320. The second-order valence-corrected chi connectivity index (χ2v) is 7.77. The first-order valence-corrected chi connectivity index (χ1v) is 10.5. The molecular weight excluding hydrogens is 436 g/mol. The van der Waals surface area contributed by atoms with E-state index >= 15 is 0 Å². The summed E-state index contributed by atoms with van der Waals surface area (Å²) in [6.45, 7) is 1.72. The van der Waals surface area contributed by atoms with Crippen LogP contribution in [0.1, 0.15) is 18.5 Å². The highest BCUT2D eigenvalue weighted by molar-refractivity contribution is 6.00. The molecule has 2 heterocycles. The van der Waals surface area contributed by atoms with Crippen LogP contribution in [0.2, 0.25) is 0 Å². The van der Waals surface area contributed by atoms with Crippen molar-refractivity contribution in [1.82, 2.24) is 25.2 Å². The van der Waals surface area contributed by atoms with E-state index in [9.17, 15) is 9.59 Å². The largest absolute Gasteiger partial charge is 0.383 e. The number of anilines is 2. The minimum atomic E-state index is -0.883. The smallest absolute Gasteiger partial charge is 0.260 e. The predicted molar refractivity (Wildman–Crippen MR) is 127 cm³/mol. The van der Waals surface area contributed by atoms with Gasteiger partial charge in [-0.25, -0.2) is 20.1 Å². The Hall–Kier alpha value is -4.35. The number of hydrogen-bond donors (Lipinski definition) is 5. The Balaban J connectivity index is 1.56. The number of nitrogens with two attached hydrogens (primary N) is 2. The third kappa shape index (κ3) is 4.56. The molecule has 2 unspecified atom stereocenters. The van der Waals surface area contributed by atoms with Crippen molar-refractivity contribution in [3.05, 3.63) is 66.5 Å². The van der Waals surface area contributed by atoms with E-state index in [-0.39, 0.29) is 18.1 Å². The number of fused-ring (bicyclic) bond motifs is 1. The summed E-state index contributed by atoms with van der Waals surface area (Å²) >= 11 is 0. The fourth-order valence-electron chi connectivity index (χ4n) is 3.58. The van der Waals surface area contributed by atoms with Crippen molar-refractivity contribution >= 4 is 34.4 Å². The maximum absolute atomic E-state index is 13.0. The van der Waals surface area contributed by atoms with Crippen LogP contribution in [0, 0.1) is 0 Å². The van der Waals surface area contributed by atoms with Crippen LogP contribution in [0.3, 0.4) is 0 Å². The first-order valence-electron chi connectivity index (χ1n) is 10.5. The molecule has 0 aliphatic heterocycles. The third-order valence-corrected chi connectivity index (χ3v) is 5.44. The molecule has 7 N–H and O–H groups in total. The number of hydroxylamine groups is 1. The molecule has 2 aromatic carbocycles. The van der Waals surface area contributed by atoms with Gasteiger partial charge in [-0.15, -0.1) is 0 Å². The second-order valence-electron chi connectivity index (χ2n) is 7.77. The molecule has 0 saturated heterocycles. The summed E-state index contributed by atoms with van der Waals surface area (Å²) in [5.74, 6) is -0.686. The fraction of sp³-hybridized carbons (Fsp3) is 0.174. The molecular formula is C23H24N8O3. The molecule has 2 aromatic heterocycles. The number of carbonyl (C=O) groups is 2. The van der Waals surface area contributed by atoms with Crippen LogP contribution in [0.5, 0.6) is 0 Å². The van der Waals surface area contributed by atoms with E-state index in [2.05, 4.69) is 20.4 Å². The van der Waals surface area contributed by atoms with Crippen molar-refractivity contribution in [2.75, 3.05) is 11.1 Å². The number of nitrogen functional groups attached to an aromatic ring is 1. The molecule has 174 valence electrons. The molecule has 11 heteroatoms. The zero-order chi connectivity index (χ0) is 24.2. The van der Waals surface area contributed by atoms with Gasteiger partial charge in [0.25, 0.3) is 5.91 Å². The van der Waals surface area contributed by atoms with E-state index in [1.807, 2.05) is 30.3 Å². The normalized spacial score (nSPS) is 12.8. The maximum Gasteiger partial charge on any atom is 0.260 e. The van der Waals surface area contributed by atoms with Gasteiger partial charge in [0.1, 0.15) is 23.9 Å². The van der Waals surface area contributed by atoms with Gasteiger partial charge in [-0.05, 0) is 31.0 Å². The molecule has 0 aliphatic carbocycles. The number of nitrogens with one attached hydrogen (secondary N) is 2. The lowest BCUT2D eigenvalue weighted by Gasteiger charge is -2.14. The number of amides is 2. The van der Waals surface area contributed by atoms with Crippen molar-refractivity contribution in [2.45, 2.75) is 25.4 Å². The number of rotatable bonds is 7. The molecule has 0 saturated carbocycles. The van der Waals surface area contributed by atoms with Crippen LogP contribution in [-0.2, 0) is 16.0 Å². The molecule has 0 spiro atoms. The quantitative estimate of drug-likeness (QED) is 0.204. The summed E-state index contributed by atoms with van der Waals surface area (Å²) in [5.41, 5.74) is 16.6. The lowest BCUT2D eigenvalue weighted by molar-refractivity contribution is -0.130. The SMILES string of the molecule is CC(C(=O)Nc1ccc(CC(N)C(=O)NO)cc1)n1nc(-c2ccccc2)c2c(N)ncnc21. The lowest BCUT2D eigenvalue weighted by atomic mass is 10.1. The first-order chi connectivity index (χ1) is 16.4. The van der Waals surface area contributed by atoms with E-state index in [1.54, 1.807) is 31.2 Å². The van der Waals surface area contributed by atoms with E-state index < -0.39 is 18.0 Å². The number of benzene rings is 2. The minimum Gasteiger partial charge on any atom is -0.383 e. The molecule has 2 amide bonds. The predicted octanol–water partition coefficient (Wildman–Crippen LogP) is 1.65. The van der Waals surface area contributed by atoms with E-state index in [0.29, 0.717) is 22.4 Å². The van der Waals surface area contributed by atoms with Crippen LogP contribution in [-0.4, -0.2) is 42.8 Å². The van der Waals surface area contributed by atoms with Crippen LogP contribution in [0.25, 0.3) is 22.3 Å². The summed E-state index contributed by atoms with van der Waals surface area (Å²) in [7, 11) is 0. The molecule has 2 atom stereocenters. The average molecular weight is 460 g/mol. The highest BCUT2D eigenvalue weighted by atomic mass is 16.5. The standard InChI is InChI=1S/C23H24N8O3/c1-13(22(32)28-16-9-7-14(8-10-16)11-17(24)23(33)30-34)31-21-18(20(25)26-12-27-21)19(29-31)15-5-3-2-4-6-15/h2-10,12-13,17,34H,11,24H2,1H3,(H,28,32)(H,30,33)(H2,25,26,27). The van der Waals surface area contributed by atoms with Gasteiger partial charge in [-0.3, -0.25) is 14.8 Å². The summed E-state index contributed by atoms with van der Waals surface area (Å²) in [5, 5.41) is 16.8. The van der Waals surface area contributed by atoms with Crippen molar-refractivity contribution in [2.24, 2.45) is 5.73 Å². The van der Waals surface area contributed by atoms with Crippen molar-refractivity contribution in [1.29, 1.82) is 0 Å². The Labute approximate surface area is 194 Å². The molecule has 34 heavy (non-hydrogen) atoms. The third-order valence-electron chi connectivity index (χ3n) is 5.44. The van der Waals surface area contributed by atoms with Crippen LogP contribution in [0.4, 0.5) is 11.5 Å². The highest BCUT2D eigenvalue weighted by Crippen LogP contribution is 2.31. The monoisotopic (exact) mass is 460 g/mol. The number of aromatic nitrogens is 4. The molecule has 0 fully saturated rings. The summed E-state index contributed by atoms with van der Waals surface area (Å²) in [6, 6.07) is 14.8. The highest BCUT2D eigenvalue weighted by Gasteiger charge is 2.24. The molecule has 0 bridgehead atoms. The number of carbonyl (C=O) groups excluding carboxylic acids is 2. The lowest BCUT2D eigenvalue weighted by Crippen LogP contribution is -2.40. The Morgan fingerprint density at radius 3 is 2.44 bits per heavy atom. The van der Waals surface area contributed by atoms with Gasteiger partial charge in [-0.2, -0.15) is 5.10 Å². The first kappa shape index (κ1) is 22.8. The fourth-order valence-corrected chi connectivity index (χ4v) is 3.58. The van der Waals surface area contributed by atoms with Crippen molar-refractivity contribution in [3.8, 4) is 11.3 Å². The van der Waals surface area contributed by atoms with Crippen LogP contribution >= 0.6 is 0 Å². The van der Waals surface area contributed by atoms with Crippen LogP contribution in [0.15, 0.2) is 60.9 Å². The molecule has 11 nitrogen and oxygen atoms in total. The minimum absolute atomic E-state index is 0.236. The zero-order valence-corrected chi connectivity index (χ0v) is 18.3. The average Bonchev–Trinajstić information content (AvgIpc) is 3.25. The molecule has 4 rings (SSSR count). The van der Waals surface area contributed by atoms with Gasteiger partial charge < -0.3 is 16.8 Å². The molecule has 4 aromatic rings. The Morgan fingerprint density at radius 1 is 1.06 bits per heavy atom. The van der Waals surface area contributed by atoms with E-state index in [0.717, 1.165) is 11.1 Å². The Morgan fingerprint density at radius 2 is 1.76 bits per heavy atom. The zero-order valence-electron chi connectivity index (χ0n) is 18.3. The second kappa shape index (κ2) is 9.65. The van der Waals surface area contributed by atoms with Gasteiger partial charge in [0.05, 0.1) is 11.4 Å². The summed E-state index contributed by atoms with van der Waals surface area (Å²) in [4.78, 5) is 32.8. The van der Waals surface area contributed by atoms with Gasteiger partial charge in [0.15, 0.2) is 5.65 Å². The van der Waals surface area contributed by atoms with Crippen molar-refractivity contribution < 1.29 is 14.8 Å².